The van der Waals surface area contributed by atoms with Gasteiger partial charge in [0.1, 0.15) is 0 Å². The number of benzene rings is 1. The number of hydrogen-bond acceptors (Lipinski definition) is 5. The van der Waals surface area contributed by atoms with E-state index in [1.165, 1.54) is 6.07 Å². The fourth-order valence-electron chi connectivity index (χ4n) is 3.74. The molecule has 0 radical (unpaired) electrons. The fourth-order valence-corrected chi connectivity index (χ4v) is 3.74. The van der Waals surface area contributed by atoms with Crippen LogP contribution in [0, 0.1) is 10.1 Å². The summed E-state index contributed by atoms with van der Waals surface area (Å²) in [5, 5.41) is 20.5. The van der Waals surface area contributed by atoms with Crippen LogP contribution < -0.4 is 0 Å². The van der Waals surface area contributed by atoms with Crippen molar-refractivity contribution in [2.24, 2.45) is 0 Å². The molecule has 154 valence electrons. The molecule has 8 nitrogen and oxygen atoms in total. The molecule has 0 saturated carbocycles. The predicted octanol–water partition coefficient (Wildman–Crippen LogP) is 2.90. The normalized spacial score (nSPS) is 15.7. The van der Waals surface area contributed by atoms with Gasteiger partial charge in [0.2, 0.25) is 0 Å². The molecule has 28 heavy (non-hydrogen) atoms. The zero-order valence-corrected chi connectivity index (χ0v) is 17.0. The highest BCUT2D eigenvalue weighted by Crippen LogP contribution is 2.32. The van der Waals surface area contributed by atoms with E-state index in [-0.39, 0.29) is 24.2 Å². The molecule has 0 aliphatic carbocycles. The number of carbonyl (C=O) groups is 2. The first-order valence-electron chi connectivity index (χ1n) is 9.58. The molecule has 1 heterocycles. The maximum atomic E-state index is 12.9. The molecular weight excluding hydrogens is 362 g/mol. The molecule has 1 aromatic rings. The first-order valence-corrected chi connectivity index (χ1v) is 9.58. The molecule has 0 spiro atoms. The third-order valence-electron chi connectivity index (χ3n) is 5.26. The van der Waals surface area contributed by atoms with E-state index in [1.54, 1.807) is 17.0 Å². The summed E-state index contributed by atoms with van der Waals surface area (Å²) in [5.74, 6) is -1.07. The van der Waals surface area contributed by atoms with Crippen LogP contribution in [0.5, 0.6) is 0 Å². The molecule has 1 aliphatic rings. The number of likely N-dealkylation sites (tertiary alicyclic amines) is 1. The molecule has 0 aromatic heterocycles. The number of nitro groups is 1. The summed E-state index contributed by atoms with van der Waals surface area (Å²) in [6.07, 6.45) is 1.38. The van der Waals surface area contributed by atoms with Crippen LogP contribution in [0.1, 0.15) is 56.5 Å². The lowest BCUT2D eigenvalue weighted by atomic mass is 9.85. The number of likely N-dealkylation sites (N-methyl/N-ethyl adjacent to an activating group) is 1. The Morgan fingerprint density at radius 1 is 1.29 bits per heavy atom. The van der Waals surface area contributed by atoms with Gasteiger partial charge in [-0.25, -0.2) is 0 Å². The Morgan fingerprint density at radius 2 is 1.89 bits per heavy atom. The van der Waals surface area contributed by atoms with Crippen LogP contribution >= 0.6 is 0 Å². The summed E-state index contributed by atoms with van der Waals surface area (Å²) in [4.78, 5) is 38.5. The van der Waals surface area contributed by atoms with E-state index in [0.717, 1.165) is 0 Å². The molecule has 2 rings (SSSR count). The standard InChI is InChI=1S/C20H29N3O5/c1-5-21(13-18(24)25)15-8-10-22(11-9-15)19(26)14-6-7-16(20(2,3)4)17(12-14)23(27)28/h6-7,12,15H,5,8-11,13H2,1-4H3,(H,24,25). The maximum Gasteiger partial charge on any atom is 0.317 e. The molecular formula is C20H29N3O5. The van der Waals surface area contributed by atoms with Crippen LogP contribution in [0.4, 0.5) is 5.69 Å². The van der Waals surface area contributed by atoms with Crippen molar-refractivity contribution >= 4 is 17.6 Å². The van der Waals surface area contributed by atoms with Gasteiger partial charge in [-0.3, -0.25) is 24.6 Å². The predicted molar refractivity (Wildman–Crippen MR) is 106 cm³/mol. The number of rotatable bonds is 6. The minimum Gasteiger partial charge on any atom is -0.480 e. The van der Waals surface area contributed by atoms with Crippen molar-refractivity contribution in [2.75, 3.05) is 26.2 Å². The summed E-state index contributed by atoms with van der Waals surface area (Å²) in [6.45, 7) is 9.29. The second kappa shape index (κ2) is 8.68. The quantitative estimate of drug-likeness (QED) is 0.591. The van der Waals surface area contributed by atoms with Crippen molar-refractivity contribution in [3.63, 3.8) is 0 Å². The Balaban J connectivity index is 2.12. The first-order chi connectivity index (χ1) is 13.0. The number of aliphatic carboxylic acids is 1. The number of carboxylic acid groups (broad SMARTS) is 1. The van der Waals surface area contributed by atoms with Crippen LogP contribution in [0.15, 0.2) is 18.2 Å². The molecule has 1 N–H and O–H groups in total. The first kappa shape index (κ1) is 21.8. The summed E-state index contributed by atoms with van der Waals surface area (Å²) in [7, 11) is 0. The summed E-state index contributed by atoms with van der Waals surface area (Å²) in [5.41, 5.74) is 0.485. The molecule has 0 unspecified atom stereocenters. The number of nitro benzene ring substituents is 1. The lowest BCUT2D eigenvalue weighted by Gasteiger charge is -2.37. The third kappa shape index (κ3) is 5.07. The SMILES string of the molecule is CCN(CC(=O)O)C1CCN(C(=O)c2ccc(C(C)(C)C)c([N+](=O)[O-])c2)CC1. The average Bonchev–Trinajstić information content (AvgIpc) is 2.64. The van der Waals surface area contributed by atoms with Gasteiger partial charge in [0.25, 0.3) is 11.6 Å². The zero-order chi connectivity index (χ0) is 21.1. The number of nitrogens with zero attached hydrogens (tertiary/aromatic N) is 3. The molecule has 1 fully saturated rings. The van der Waals surface area contributed by atoms with Crippen LogP contribution in [0.3, 0.4) is 0 Å². The topological polar surface area (TPSA) is 104 Å². The molecule has 1 amide bonds. The highest BCUT2D eigenvalue weighted by atomic mass is 16.6. The molecule has 1 aliphatic heterocycles. The second-order valence-electron chi connectivity index (χ2n) is 8.22. The Bertz CT molecular complexity index is 749. The summed E-state index contributed by atoms with van der Waals surface area (Å²) >= 11 is 0. The van der Waals surface area contributed by atoms with Crippen molar-refractivity contribution in [3.8, 4) is 0 Å². The van der Waals surface area contributed by atoms with Crippen molar-refractivity contribution < 1.29 is 19.6 Å². The van der Waals surface area contributed by atoms with Gasteiger partial charge < -0.3 is 10.0 Å². The highest BCUT2D eigenvalue weighted by molar-refractivity contribution is 5.95. The minimum absolute atomic E-state index is 0.00439. The molecule has 1 saturated heterocycles. The largest absolute Gasteiger partial charge is 0.480 e. The maximum absolute atomic E-state index is 12.9. The van der Waals surface area contributed by atoms with Gasteiger partial charge in [-0.1, -0.05) is 33.8 Å². The van der Waals surface area contributed by atoms with E-state index >= 15 is 0 Å². The minimum atomic E-state index is -0.855. The van der Waals surface area contributed by atoms with E-state index in [1.807, 2.05) is 32.6 Å². The number of carbonyl (C=O) groups excluding carboxylic acids is 1. The highest BCUT2D eigenvalue weighted by Gasteiger charge is 2.30. The zero-order valence-electron chi connectivity index (χ0n) is 17.0. The van der Waals surface area contributed by atoms with Gasteiger partial charge in [-0.15, -0.1) is 0 Å². The van der Waals surface area contributed by atoms with Crippen LogP contribution in [0.25, 0.3) is 0 Å². The smallest absolute Gasteiger partial charge is 0.317 e. The van der Waals surface area contributed by atoms with Crippen LogP contribution in [0.2, 0.25) is 0 Å². The number of amides is 1. The van der Waals surface area contributed by atoms with Gasteiger partial charge in [-0.2, -0.15) is 0 Å². The second-order valence-corrected chi connectivity index (χ2v) is 8.22. The Morgan fingerprint density at radius 3 is 2.36 bits per heavy atom. The van der Waals surface area contributed by atoms with E-state index < -0.39 is 16.3 Å². The molecule has 1 aromatic carbocycles. The van der Waals surface area contributed by atoms with Crippen LogP contribution in [-0.2, 0) is 10.2 Å². The van der Waals surface area contributed by atoms with Crippen LogP contribution in [-0.4, -0.2) is 63.9 Å². The van der Waals surface area contributed by atoms with Crippen molar-refractivity contribution in [1.82, 2.24) is 9.80 Å². The summed E-state index contributed by atoms with van der Waals surface area (Å²) < 4.78 is 0. The van der Waals surface area contributed by atoms with Crippen molar-refractivity contribution in [2.45, 2.75) is 52.0 Å². The molecule has 8 heteroatoms. The van der Waals surface area contributed by atoms with E-state index in [2.05, 4.69) is 0 Å². The lowest BCUT2D eigenvalue weighted by Crippen LogP contribution is -2.48. The van der Waals surface area contributed by atoms with Gasteiger partial charge in [0.15, 0.2) is 0 Å². The van der Waals surface area contributed by atoms with E-state index in [0.29, 0.717) is 43.6 Å². The lowest BCUT2D eigenvalue weighted by molar-refractivity contribution is -0.386. The van der Waals surface area contributed by atoms with Gasteiger partial charge in [0.05, 0.1) is 11.5 Å². The molecule has 0 bridgehead atoms. The number of hydrogen-bond donors (Lipinski definition) is 1. The van der Waals surface area contributed by atoms with E-state index in [4.69, 9.17) is 5.11 Å². The van der Waals surface area contributed by atoms with Crippen molar-refractivity contribution in [1.29, 1.82) is 0 Å². The monoisotopic (exact) mass is 391 g/mol. The number of piperidine rings is 1. The third-order valence-corrected chi connectivity index (χ3v) is 5.26. The molecule has 0 atom stereocenters. The van der Waals surface area contributed by atoms with Gasteiger partial charge in [0, 0.05) is 36.3 Å². The van der Waals surface area contributed by atoms with Gasteiger partial charge in [-0.05, 0) is 30.9 Å². The Hall–Kier alpha value is -2.48. The van der Waals surface area contributed by atoms with E-state index in [9.17, 15) is 19.7 Å². The Labute approximate surface area is 165 Å². The Kier molecular flexibility index (Phi) is 6.77. The summed E-state index contributed by atoms with van der Waals surface area (Å²) in [6, 6.07) is 4.83. The van der Waals surface area contributed by atoms with Crippen molar-refractivity contribution in [3.05, 3.63) is 39.4 Å². The number of carboxylic acids is 1. The van der Waals surface area contributed by atoms with Gasteiger partial charge >= 0.3 is 5.97 Å². The average molecular weight is 391 g/mol. The fraction of sp³-hybridized carbons (Fsp3) is 0.600.